The minimum Gasteiger partial charge on any atom is -0.497 e. The number of methoxy groups -OCH3 is 1. The van der Waals surface area contributed by atoms with Crippen LogP contribution in [-0.4, -0.2) is 81.8 Å². The summed E-state index contributed by atoms with van der Waals surface area (Å²) >= 11 is 0. The van der Waals surface area contributed by atoms with Gasteiger partial charge in [0.15, 0.2) is 0 Å². The molecule has 1 aromatic heterocycles. The van der Waals surface area contributed by atoms with E-state index >= 15 is 0 Å². The standard InChI is InChI=1S/C39H48N4O8/c1-36(2,3)31(41-35(48)51-37(4,5)6)33(45)43-21-25(19-29(43)32(44)42-39(34(46)47)22-38(39)16-11-17-38)50-30-20-27(23-12-9-8-10-13-23)40-28-18-24(49-7)14-15-26(28)30/h8-10,12-15,18,20,25,29,31H,11,16-17,19,21-22H2,1-7H3,(H,41,48)(H,42,44)(H,46,47)/t25?,29-,31+,39?/m0/s1. The maximum atomic E-state index is 14.5. The number of rotatable bonds is 9. The normalized spacial score (nSPS) is 22.8. The predicted molar refractivity (Wildman–Crippen MR) is 190 cm³/mol. The van der Waals surface area contributed by atoms with Crippen molar-refractivity contribution in [3.8, 4) is 22.8 Å². The van der Waals surface area contributed by atoms with Crippen LogP contribution in [0.15, 0.2) is 54.6 Å². The number of amides is 3. The van der Waals surface area contributed by atoms with Crippen molar-refractivity contribution in [1.82, 2.24) is 20.5 Å². The Hall–Kier alpha value is -4.87. The summed E-state index contributed by atoms with van der Waals surface area (Å²) in [5.74, 6) is -0.974. The Bertz CT molecular complexity index is 1850. The largest absolute Gasteiger partial charge is 0.497 e. The van der Waals surface area contributed by atoms with Crippen LogP contribution in [0.2, 0.25) is 0 Å². The number of likely N-dealkylation sites (tertiary alicyclic amines) is 1. The van der Waals surface area contributed by atoms with Crippen molar-refractivity contribution < 1.29 is 38.5 Å². The molecule has 1 saturated heterocycles. The smallest absolute Gasteiger partial charge is 0.408 e. The van der Waals surface area contributed by atoms with Gasteiger partial charge >= 0.3 is 12.1 Å². The minimum absolute atomic E-state index is 0.0192. The third-order valence-corrected chi connectivity index (χ3v) is 10.4. The average molecular weight is 701 g/mol. The quantitative estimate of drug-likeness (QED) is 0.254. The fraction of sp³-hybridized carbons (Fsp3) is 0.513. The Labute approximate surface area is 298 Å². The summed E-state index contributed by atoms with van der Waals surface area (Å²) in [6.45, 7) is 10.7. The number of carboxylic acids is 1. The molecule has 12 heteroatoms. The van der Waals surface area contributed by atoms with Crippen molar-refractivity contribution >= 4 is 34.8 Å². The Kier molecular flexibility index (Phi) is 9.18. The second-order valence-corrected chi connectivity index (χ2v) is 16.2. The van der Waals surface area contributed by atoms with Gasteiger partial charge < -0.3 is 34.9 Å². The number of carbonyl (C=O) groups is 4. The molecule has 0 radical (unpaired) electrons. The van der Waals surface area contributed by atoms with E-state index in [0.29, 0.717) is 29.1 Å². The molecule has 2 aromatic carbocycles. The van der Waals surface area contributed by atoms with E-state index in [4.69, 9.17) is 19.2 Å². The zero-order chi connectivity index (χ0) is 36.9. The summed E-state index contributed by atoms with van der Waals surface area (Å²) in [5.41, 5.74) is -1.19. The first-order valence-electron chi connectivity index (χ1n) is 17.5. The lowest BCUT2D eigenvalue weighted by molar-refractivity contribution is -0.147. The van der Waals surface area contributed by atoms with E-state index in [1.807, 2.05) is 75.4 Å². The SMILES string of the molecule is COc1ccc2c(OC3C[C@@H](C(=O)NC4(C(=O)O)CC45CCC5)N(C(=O)[C@@H](NC(=O)OC(C)(C)C)C(C)(C)C)C3)cc(-c3ccccc3)nc2c1. The highest BCUT2D eigenvalue weighted by atomic mass is 16.6. The number of aliphatic carboxylic acids is 1. The van der Waals surface area contributed by atoms with Gasteiger partial charge in [-0.2, -0.15) is 0 Å². The summed E-state index contributed by atoms with van der Waals surface area (Å²) in [7, 11) is 1.58. The van der Waals surface area contributed by atoms with Gasteiger partial charge in [-0.05, 0) is 57.6 Å². The Morgan fingerprint density at radius 1 is 1.00 bits per heavy atom. The maximum Gasteiger partial charge on any atom is 0.408 e. The molecule has 3 aliphatic rings. The topological polar surface area (TPSA) is 156 Å². The van der Waals surface area contributed by atoms with Crippen molar-refractivity contribution in [2.75, 3.05) is 13.7 Å². The molecule has 3 aromatic rings. The summed E-state index contributed by atoms with van der Waals surface area (Å²) in [6.07, 6.45) is 1.43. The highest BCUT2D eigenvalue weighted by molar-refractivity contribution is 5.97. The van der Waals surface area contributed by atoms with Crippen LogP contribution in [0, 0.1) is 10.8 Å². The molecule has 6 rings (SSSR count). The van der Waals surface area contributed by atoms with Gasteiger partial charge in [0.2, 0.25) is 11.8 Å². The number of nitrogens with zero attached hydrogens (tertiary/aromatic N) is 2. The number of pyridine rings is 1. The number of benzene rings is 2. The van der Waals surface area contributed by atoms with Gasteiger partial charge in [-0.15, -0.1) is 0 Å². The number of hydrogen-bond donors (Lipinski definition) is 3. The molecule has 12 nitrogen and oxygen atoms in total. The van der Waals surface area contributed by atoms with Crippen molar-refractivity contribution in [3.05, 3.63) is 54.6 Å². The van der Waals surface area contributed by atoms with Crippen LogP contribution in [0.5, 0.6) is 11.5 Å². The van der Waals surface area contributed by atoms with Gasteiger partial charge in [0.05, 0.1) is 24.9 Å². The minimum atomic E-state index is -1.36. The van der Waals surface area contributed by atoms with Crippen molar-refractivity contribution in [2.45, 2.75) is 103 Å². The predicted octanol–water partition coefficient (Wildman–Crippen LogP) is 5.71. The van der Waals surface area contributed by atoms with Crippen molar-refractivity contribution in [1.29, 1.82) is 0 Å². The number of carbonyl (C=O) groups excluding carboxylic acids is 3. The highest BCUT2D eigenvalue weighted by Gasteiger charge is 2.75. The molecule has 51 heavy (non-hydrogen) atoms. The lowest BCUT2D eigenvalue weighted by atomic mass is 9.77. The average Bonchev–Trinajstić information content (AvgIpc) is 3.57. The number of ether oxygens (including phenoxy) is 3. The van der Waals surface area contributed by atoms with Crippen LogP contribution in [0.25, 0.3) is 22.2 Å². The van der Waals surface area contributed by atoms with Crippen molar-refractivity contribution in [2.24, 2.45) is 10.8 Å². The highest BCUT2D eigenvalue weighted by Crippen LogP contribution is 2.68. The van der Waals surface area contributed by atoms with Gasteiger partial charge in [0.25, 0.3) is 0 Å². The van der Waals surface area contributed by atoms with E-state index in [-0.39, 0.29) is 13.0 Å². The molecule has 3 fully saturated rings. The molecule has 0 bridgehead atoms. The second-order valence-electron chi connectivity index (χ2n) is 16.2. The molecule has 2 aliphatic carbocycles. The monoisotopic (exact) mass is 700 g/mol. The van der Waals surface area contributed by atoms with E-state index in [0.717, 1.165) is 30.2 Å². The molecular formula is C39H48N4O8. The van der Waals surface area contributed by atoms with Crippen LogP contribution in [0.1, 0.15) is 73.6 Å². The van der Waals surface area contributed by atoms with Gasteiger partial charge in [-0.1, -0.05) is 57.5 Å². The molecule has 2 unspecified atom stereocenters. The van der Waals surface area contributed by atoms with E-state index in [1.54, 1.807) is 27.9 Å². The lowest BCUT2D eigenvalue weighted by Crippen LogP contribution is -2.60. The molecule has 2 saturated carbocycles. The maximum absolute atomic E-state index is 14.5. The van der Waals surface area contributed by atoms with Crippen LogP contribution in [0.4, 0.5) is 4.79 Å². The Morgan fingerprint density at radius 3 is 2.27 bits per heavy atom. The van der Waals surface area contributed by atoms with Crippen LogP contribution >= 0.6 is 0 Å². The van der Waals surface area contributed by atoms with E-state index < -0.39 is 64.0 Å². The van der Waals surface area contributed by atoms with E-state index in [2.05, 4.69) is 10.6 Å². The fourth-order valence-corrected chi connectivity index (χ4v) is 7.45. The number of hydrogen-bond acceptors (Lipinski definition) is 8. The molecule has 1 aliphatic heterocycles. The van der Waals surface area contributed by atoms with Crippen LogP contribution < -0.4 is 20.1 Å². The van der Waals surface area contributed by atoms with Crippen molar-refractivity contribution in [3.63, 3.8) is 0 Å². The van der Waals surface area contributed by atoms with Gasteiger partial charge in [-0.3, -0.25) is 9.59 Å². The van der Waals surface area contributed by atoms with E-state index in [9.17, 15) is 24.3 Å². The zero-order valence-electron chi connectivity index (χ0n) is 30.4. The summed E-state index contributed by atoms with van der Waals surface area (Å²) in [5, 5.41) is 16.6. The van der Waals surface area contributed by atoms with Gasteiger partial charge in [0.1, 0.15) is 40.8 Å². The number of alkyl carbamates (subject to hydrolysis) is 1. The Morgan fingerprint density at radius 2 is 1.71 bits per heavy atom. The molecule has 3 N–H and O–H groups in total. The molecular weight excluding hydrogens is 652 g/mol. The van der Waals surface area contributed by atoms with Crippen LogP contribution in [0.3, 0.4) is 0 Å². The zero-order valence-corrected chi connectivity index (χ0v) is 30.4. The first-order chi connectivity index (χ1) is 23.9. The van der Waals surface area contributed by atoms with Gasteiger partial charge in [0, 0.05) is 34.9 Å². The second kappa shape index (κ2) is 13.0. The number of carboxylic acid groups (broad SMARTS) is 1. The molecule has 3 amide bonds. The summed E-state index contributed by atoms with van der Waals surface area (Å²) in [6, 6.07) is 14.9. The Balaban J connectivity index is 1.34. The fourth-order valence-electron chi connectivity index (χ4n) is 7.45. The number of fused-ring (bicyclic) bond motifs is 1. The first-order valence-corrected chi connectivity index (χ1v) is 17.5. The molecule has 2 heterocycles. The number of nitrogens with one attached hydrogen (secondary N) is 2. The third-order valence-electron chi connectivity index (χ3n) is 10.4. The van der Waals surface area contributed by atoms with Crippen LogP contribution in [-0.2, 0) is 19.1 Å². The molecule has 272 valence electrons. The summed E-state index contributed by atoms with van der Waals surface area (Å²) < 4.78 is 17.6. The number of aromatic nitrogens is 1. The van der Waals surface area contributed by atoms with Gasteiger partial charge in [-0.25, -0.2) is 14.6 Å². The molecule has 1 spiro atoms. The van der Waals surface area contributed by atoms with E-state index in [1.165, 1.54) is 4.90 Å². The molecule has 4 atom stereocenters. The third kappa shape index (κ3) is 7.05. The lowest BCUT2D eigenvalue weighted by Gasteiger charge is -2.36. The summed E-state index contributed by atoms with van der Waals surface area (Å²) in [4.78, 5) is 60.5. The first kappa shape index (κ1) is 35.9.